The summed E-state index contributed by atoms with van der Waals surface area (Å²) in [6.45, 7) is 1.88. The van der Waals surface area contributed by atoms with Crippen LogP contribution in [0.15, 0.2) is 23.7 Å². The maximum Gasteiger partial charge on any atom is 0.169 e. The predicted octanol–water partition coefficient (Wildman–Crippen LogP) is 3.17. The van der Waals surface area contributed by atoms with Gasteiger partial charge in [-0.3, -0.25) is 0 Å². The molecule has 0 amide bonds. The highest BCUT2D eigenvalue weighted by Crippen LogP contribution is 2.22. The standard InChI is InChI=1S/C9H7ClN2S/c1-6-7(10)5-11-9(12-6)8-3-2-4-13-8/h2-5H,1H3. The Bertz CT molecular complexity index is 412. The van der Waals surface area contributed by atoms with Gasteiger partial charge in [-0.1, -0.05) is 17.7 Å². The number of aromatic nitrogens is 2. The first-order valence-electron chi connectivity index (χ1n) is 3.80. The normalized spacial score (nSPS) is 10.3. The van der Waals surface area contributed by atoms with Gasteiger partial charge in [0.1, 0.15) is 0 Å². The van der Waals surface area contributed by atoms with Gasteiger partial charge in [0.2, 0.25) is 0 Å². The van der Waals surface area contributed by atoms with E-state index in [9.17, 15) is 0 Å². The van der Waals surface area contributed by atoms with Crippen molar-refractivity contribution in [1.82, 2.24) is 9.97 Å². The molecule has 0 aromatic carbocycles. The predicted molar refractivity (Wildman–Crippen MR) is 55.1 cm³/mol. The highest BCUT2D eigenvalue weighted by molar-refractivity contribution is 7.13. The lowest BCUT2D eigenvalue weighted by molar-refractivity contribution is 1.12. The zero-order valence-corrected chi connectivity index (χ0v) is 8.56. The van der Waals surface area contributed by atoms with Gasteiger partial charge in [-0.25, -0.2) is 9.97 Å². The Morgan fingerprint density at radius 3 is 2.92 bits per heavy atom. The molecule has 0 radical (unpaired) electrons. The molecule has 0 aliphatic rings. The van der Waals surface area contributed by atoms with E-state index in [-0.39, 0.29) is 0 Å². The van der Waals surface area contributed by atoms with E-state index < -0.39 is 0 Å². The zero-order valence-electron chi connectivity index (χ0n) is 6.99. The third kappa shape index (κ3) is 1.71. The summed E-state index contributed by atoms with van der Waals surface area (Å²) in [6, 6.07) is 3.97. The Labute approximate surface area is 85.2 Å². The molecule has 0 aliphatic carbocycles. The van der Waals surface area contributed by atoms with Crippen LogP contribution in [0.5, 0.6) is 0 Å². The second-order valence-electron chi connectivity index (χ2n) is 2.60. The first-order valence-corrected chi connectivity index (χ1v) is 5.06. The van der Waals surface area contributed by atoms with Crippen molar-refractivity contribution in [3.8, 4) is 10.7 Å². The molecule has 0 N–H and O–H groups in total. The van der Waals surface area contributed by atoms with Crippen LogP contribution >= 0.6 is 22.9 Å². The van der Waals surface area contributed by atoms with Gasteiger partial charge < -0.3 is 0 Å². The summed E-state index contributed by atoms with van der Waals surface area (Å²) in [5.41, 5.74) is 0.820. The Hall–Kier alpha value is -0.930. The highest BCUT2D eigenvalue weighted by Gasteiger charge is 2.03. The molecule has 2 nitrogen and oxygen atoms in total. The SMILES string of the molecule is Cc1nc(-c2cccs2)ncc1Cl. The van der Waals surface area contributed by atoms with E-state index in [1.807, 2.05) is 24.4 Å². The van der Waals surface area contributed by atoms with Crippen molar-refractivity contribution in [3.63, 3.8) is 0 Å². The molecule has 0 fully saturated rings. The summed E-state index contributed by atoms with van der Waals surface area (Å²) >= 11 is 7.44. The van der Waals surface area contributed by atoms with Gasteiger partial charge in [0.25, 0.3) is 0 Å². The van der Waals surface area contributed by atoms with Gasteiger partial charge in [-0.2, -0.15) is 0 Å². The van der Waals surface area contributed by atoms with Crippen molar-refractivity contribution in [1.29, 1.82) is 0 Å². The maximum atomic E-state index is 5.82. The molecule has 0 atom stereocenters. The number of hydrogen-bond donors (Lipinski definition) is 0. The number of hydrogen-bond acceptors (Lipinski definition) is 3. The van der Waals surface area contributed by atoms with Crippen molar-refractivity contribution in [3.05, 3.63) is 34.4 Å². The van der Waals surface area contributed by atoms with Crippen LogP contribution in [0, 0.1) is 6.92 Å². The van der Waals surface area contributed by atoms with Gasteiger partial charge in [-0.15, -0.1) is 11.3 Å². The summed E-state index contributed by atoms with van der Waals surface area (Å²) < 4.78 is 0. The Balaban J connectivity index is 2.49. The zero-order chi connectivity index (χ0) is 9.26. The summed E-state index contributed by atoms with van der Waals surface area (Å²) in [6.07, 6.45) is 1.64. The van der Waals surface area contributed by atoms with Crippen LogP contribution < -0.4 is 0 Å². The van der Waals surface area contributed by atoms with Crippen LogP contribution in [0.2, 0.25) is 5.02 Å². The van der Waals surface area contributed by atoms with Crippen molar-refractivity contribution in [2.24, 2.45) is 0 Å². The van der Waals surface area contributed by atoms with E-state index in [4.69, 9.17) is 11.6 Å². The molecule has 0 aliphatic heterocycles. The molecular formula is C9H7ClN2S. The molecule has 13 heavy (non-hydrogen) atoms. The van der Waals surface area contributed by atoms with Crippen LogP contribution in [0.25, 0.3) is 10.7 Å². The van der Waals surface area contributed by atoms with Gasteiger partial charge in [-0.05, 0) is 18.4 Å². The van der Waals surface area contributed by atoms with E-state index in [0.29, 0.717) is 5.02 Å². The molecule has 0 unspecified atom stereocenters. The van der Waals surface area contributed by atoms with Crippen LogP contribution in [0.1, 0.15) is 5.69 Å². The molecule has 66 valence electrons. The minimum absolute atomic E-state index is 0.611. The van der Waals surface area contributed by atoms with Gasteiger partial charge >= 0.3 is 0 Å². The lowest BCUT2D eigenvalue weighted by atomic mass is 10.4. The molecular weight excluding hydrogens is 204 g/mol. The molecule has 0 saturated carbocycles. The fraction of sp³-hybridized carbons (Fsp3) is 0.111. The highest BCUT2D eigenvalue weighted by atomic mass is 35.5. The van der Waals surface area contributed by atoms with Gasteiger partial charge in [0, 0.05) is 6.20 Å². The molecule has 0 bridgehead atoms. The molecule has 2 aromatic heterocycles. The first kappa shape index (κ1) is 8.66. The monoisotopic (exact) mass is 210 g/mol. The number of rotatable bonds is 1. The second-order valence-corrected chi connectivity index (χ2v) is 3.96. The number of halogens is 1. The van der Waals surface area contributed by atoms with Crippen molar-refractivity contribution >= 4 is 22.9 Å². The van der Waals surface area contributed by atoms with E-state index in [2.05, 4.69) is 9.97 Å². The average molecular weight is 211 g/mol. The summed E-state index contributed by atoms with van der Waals surface area (Å²) in [7, 11) is 0. The molecule has 0 spiro atoms. The largest absolute Gasteiger partial charge is 0.234 e. The molecule has 2 rings (SSSR count). The number of thiophene rings is 1. The topological polar surface area (TPSA) is 25.8 Å². The number of nitrogens with zero attached hydrogens (tertiary/aromatic N) is 2. The van der Waals surface area contributed by atoms with E-state index in [0.717, 1.165) is 16.4 Å². The maximum absolute atomic E-state index is 5.82. The van der Waals surface area contributed by atoms with Gasteiger partial charge in [0.15, 0.2) is 5.82 Å². The third-order valence-electron chi connectivity index (χ3n) is 1.66. The van der Waals surface area contributed by atoms with E-state index in [1.54, 1.807) is 17.5 Å². The van der Waals surface area contributed by atoms with Crippen molar-refractivity contribution in [2.45, 2.75) is 6.92 Å². The van der Waals surface area contributed by atoms with Crippen molar-refractivity contribution < 1.29 is 0 Å². The minimum Gasteiger partial charge on any atom is -0.234 e. The fourth-order valence-corrected chi connectivity index (χ4v) is 1.73. The first-order chi connectivity index (χ1) is 6.27. The quantitative estimate of drug-likeness (QED) is 0.723. The number of aryl methyl sites for hydroxylation is 1. The van der Waals surface area contributed by atoms with E-state index in [1.165, 1.54) is 0 Å². The van der Waals surface area contributed by atoms with Crippen LogP contribution in [-0.4, -0.2) is 9.97 Å². The smallest absolute Gasteiger partial charge is 0.169 e. The Morgan fingerprint density at radius 2 is 2.31 bits per heavy atom. The fourth-order valence-electron chi connectivity index (χ4n) is 0.977. The van der Waals surface area contributed by atoms with Crippen molar-refractivity contribution in [2.75, 3.05) is 0 Å². The van der Waals surface area contributed by atoms with Crippen LogP contribution in [0.4, 0.5) is 0 Å². The molecule has 4 heteroatoms. The summed E-state index contributed by atoms with van der Waals surface area (Å²) in [5, 5.41) is 2.61. The molecule has 0 saturated heterocycles. The Kier molecular flexibility index (Phi) is 2.29. The lowest BCUT2D eigenvalue weighted by Gasteiger charge is -1.98. The third-order valence-corrected chi connectivity index (χ3v) is 2.90. The van der Waals surface area contributed by atoms with Crippen LogP contribution in [-0.2, 0) is 0 Å². The summed E-state index contributed by atoms with van der Waals surface area (Å²) in [4.78, 5) is 9.50. The van der Waals surface area contributed by atoms with Crippen LogP contribution in [0.3, 0.4) is 0 Å². The second kappa shape index (κ2) is 3.44. The van der Waals surface area contributed by atoms with Gasteiger partial charge in [0.05, 0.1) is 15.6 Å². The van der Waals surface area contributed by atoms with E-state index >= 15 is 0 Å². The molecule has 2 heterocycles. The molecule has 2 aromatic rings. The Morgan fingerprint density at radius 1 is 1.46 bits per heavy atom. The lowest BCUT2D eigenvalue weighted by Crippen LogP contribution is -1.89. The average Bonchev–Trinajstić information content (AvgIpc) is 2.62. The summed E-state index contributed by atoms with van der Waals surface area (Å²) in [5.74, 6) is 0.747. The minimum atomic E-state index is 0.611.